The van der Waals surface area contributed by atoms with Crippen molar-refractivity contribution in [1.29, 1.82) is 0 Å². The molecule has 0 aliphatic rings. The molecule has 0 atom stereocenters. The summed E-state index contributed by atoms with van der Waals surface area (Å²) < 4.78 is 19.4. The molecule has 0 unspecified atom stereocenters. The van der Waals surface area contributed by atoms with Crippen molar-refractivity contribution >= 4 is 11.6 Å². The molecule has 0 heterocycles. The fourth-order valence-electron chi connectivity index (χ4n) is 1.66. The van der Waals surface area contributed by atoms with Crippen LogP contribution in [-0.4, -0.2) is 0 Å². The van der Waals surface area contributed by atoms with E-state index in [-0.39, 0.29) is 5.75 Å². The maximum absolute atomic E-state index is 13.8. The van der Waals surface area contributed by atoms with E-state index in [9.17, 15) is 4.39 Å². The van der Waals surface area contributed by atoms with E-state index in [2.05, 4.69) is 0 Å². The standard InChI is InChI=1S/C15H14ClFO/c1-10-4-3-5-14(11(10)2)18-15-7-6-12(9-16)8-13(15)17/h3-8H,9H2,1-2H3. The zero-order valence-electron chi connectivity index (χ0n) is 10.3. The molecule has 0 bridgehead atoms. The van der Waals surface area contributed by atoms with E-state index in [4.69, 9.17) is 16.3 Å². The van der Waals surface area contributed by atoms with Crippen LogP contribution in [0, 0.1) is 19.7 Å². The molecule has 0 saturated carbocycles. The lowest BCUT2D eigenvalue weighted by Crippen LogP contribution is -1.93. The first-order valence-electron chi connectivity index (χ1n) is 5.70. The van der Waals surface area contributed by atoms with Crippen LogP contribution >= 0.6 is 11.6 Å². The molecule has 0 N–H and O–H groups in total. The Labute approximate surface area is 111 Å². The molecule has 0 saturated heterocycles. The second kappa shape index (κ2) is 5.40. The lowest BCUT2D eigenvalue weighted by molar-refractivity contribution is 0.439. The molecule has 2 aromatic rings. The maximum Gasteiger partial charge on any atom is 0.166 e. The number of alkyl halides is 1. The first-order valence-corrected chi connectivity index (χ1v) is 6.23. The minimum Gasteiger partial charge on any atom is -0.454 e. The Morgan fingerprint density at radius 2 is 1.89 bits per heavy atom. The van der Waals surface area contributed by atoms with Gasteiger partial charge in [-0.25, -0.2) is 4.39 Å². The van der Waals surface area contributed by atoms with Crippen molar-refractivity contribution in [2.45, 2.75) is 19.7 Å². The summed E-state index contributed by atoms with van der Waals surface area (Å²) in [5, 5.41) is 0. The fourth-order valence-corrected chi connectivity index (χ4v) is 1.83. The molecule has 2 rings (SSSR count). The highest BCUT2D eigenvalue weighted by Gasteiger charge is 2.08. The number of benzene rings is 2. The van der Waals surface area contributed by atoms with Crippen LogP contribution < -0.4 is 4.74 Å². The largest absolute Gasteiger partial charge is 0.454 e. The molecular formula is C15H14ClFO. The van der Waals surface area contributed by atoms with Gasteiger partial charge in [-0.3, -0.25) is 0 Å². The summed E-state index contributed by atoms with van der Waals surface area (Å²) in [7, 11) is 0. The van der Waals surface area contributed by atoms with Crippen LogP contribution in [0.4, 0.5) is 4.39 Å². The van der Waals surface area contributed by atoms with Crippen molar-refractivity contribution in [3.63, 3.8) is 0 Å². The van der Waals surface area contributed by atoms with Crippen LogP contribution in [0.2, 0.25) is 0 Å². The van der Waals surface area contributed by atoms with Gasteiger partial charge in [0.2, 0.25) is 0 Å². The molecule has 18 heavy (non-hydrogen) atoms. The van der Waals surface area contributed by atoms with Gasteiger partial charge in [0.05, 0.1) is 0 Å². The molecule has 0 radical (unpaired) electrons. The first-order chi connectivity index (χ1) is 8.61. The van der Waals surface area contributed by atoms with Gasteiger partial charge in [0.25, 0.3) is 0 Å². The van der Waals surface area contributed by atoms with Crippen molar-refractivity contribution in [3.05, 3.63) is 58.9 Å². The SMILES string of the molecule is Cc1cccc(Oc2ccc(CCl)cc2F)c1C. The summed E-state index contributed by atoms with van der Waals surface area (Å²) in [4.78, 5) is 0. The van der Waals surface area contributed by atoms with Crippen LogP contribution in [0.5, 0.6) is 11.5 Å². The van der Waals surface area contributed by atoms with Gasteiger partial charge < -0.3 is 4.74 Å². The van der Waals surface area contributed by atoms with E-state index >= 15 is 0 Å². The average Bonchev–Trinajstić information content (AvgIpc) is 2.37. The van der Waals surface area contributed by atoms with Crippen molar-refractivity contribution in [2.24, 2.45) is 0 Å². The Kier molecular flexibility index (Phi) is 3.87. The van der Waals surface area contributed by atoms with Gasteiger partial charge in [0.15, 0.2) is 11.6 Å². The average molecular weight is 265 g/mol. The van der Waals surface area contributed by atoms with Crippen molar-refractivity contribution in [2.75, 3.05) is 0 Å². The van der Waals surface area contributed by atoms with Crippen molar-refractivity contribution in [1.82, 2.24) is 0 Å². The fraction of sp³-hybridized carbons (Fsp3) is 0.200. The Morgan fingerprint density at radius 1 is 1.11 bits per heavy atom. The highest BCUT2D eigenvalue weighted by atomic mass is 35.5. The topological polar surface area (TPSA) is 9.23 Å². The Morgan fingerprint density at radius 3 is 2.56 bits per heavy atom. The van der Waals surface area contributed by atoms with Crippen molar-refractivity contribution < 1.29 is 9.13 Å². The van der Waals surface area contributed by atoms with E-state index in [1.807, 2.05) is 32.0 Å². The number of hydrogen-bond acceptors (Lipinski definition) is 1. The Balaban J connectivity index is 2.31. The highest BCUT2D eigenvalue weighted by Crippen LogP contribution is 2.29. The molecule has 0 spiro atoms. The smallest absolute Gasteiger partial charge is 0.166 e. The van der Waals surface area contributed by atoms with E-state index in [0.29, 0.717) is 11.6 Å². The number of aryl methyl sites for hydroxylation is 1. The minimum atomic E-state index is -0.394. The van der Waals surface area contributed by atoms with Crippen LogP contribution in [-0.2, 0) is 5.88 Å². The number of hydrogen-bond donors (Lipinski definition) is 0. The third-order valence-electron chi connectivity index (χ3n) is 2.93. The quantitative estimate of drug-likeness (QED) is 0.711. The van der Waals surface area contributed by atoms with E-state index in [0.717, 1.165) is 16.7 Å². The van der Waals surface area contributed by atoms with Crippen molar-refractivity contribution in [3.8, 4) is 11.5 Å². The molecule has 3 heteroatoms. The van der Waals surface area contributed by atoms with Gasteiger partial charge in [0, 0.05) is 5.88 Å². The summed E-state index contributed by atoms with van der Waals surface area (Å²) in [6, 6.07) is 10.5. The second-order valence-corrected chi connectivity index (χ2v) is 4.47. The van der Waals surface area contributed by atoms with Gasteiger partial charge in [-0.2, -0.15) is 0 Å². The second-order valence-electron chi connectivity index (χ2n) is 4.20. The molecule has 0 aromatic heterocycles. The monoisotopic (exact) mass is 264 g/mol. The normalized spacial score (nSPS) is 10.4. The summed E-state index contributed by atoms with van der Waals surface area (Å²) in [6.45, 7) is 3.95. The summed E-state index contributed by atoms with van der Waals surface area (Å²) >= 11 is 5.65. The van der Waals surface area contributed by atoms with Crippen LogP contribution in [0.25, 0.3) is 0 Å². The zero-order valence-corrected chi connectivity index (χ0v) is 11.1. The van der Waals surface area contributed by atoms with Gasteiger partial charge in [-0.15, -0.1) is 11.6 Å². The highest BCUT2D eigenvalue weighted by molar-refractivity contribution is 6.17. The number of halogens is 2. The number of ether oxygens (including phenoxy) is 1. The first kappa shape index (κ1) is 12.9. The van der Waals surface area contributed by atoms with Gasteiger partial charge in [-0.05, 0) is 48.7 Å². The predicted octanol–water partition coefficient (Wildman–Crippen LogP) is 4.97. The molecule has 2 aromatic carbocycles. The molecule has 0 fully saturated rings. The van der Waals surface area contributed by atoms with Crippen LogP contribution in [0.15, 0.2) is 36.4 Å². The minimum absolute atomic E-state index is 0.220. The lowest BCUT2D eigenvalue weighted by atomic mass is 10.1. The molecular weight excluding hydrogens is 251 g/mol. The predicted molar refractivity (Wildman–Crippen MR) is 71.9 cm³/mol. The molecule has 94 valence electrons. The van der Waals surface area contributed by atoms with Gasteiger partial charge in [0.1, 0.15) is 5.75 Å². The molecule has 0 aliphatic carbocycles. The Bertz CT molecular complexity index is 566. The third kappa shape index (κ3) is 2.65. The lowest BCUT2D eigenvalue weighted by Gasteiger charge is -2.11. The van der Waals surface area contributed by atoms with E-state index in [1.54, 1.807) is 12.1 Å². The summed E-state index contributed by atoms with van der Waals surface area (Å²) in [6.07, 6.45) is 0. The molecule has 0 amide bonds. The van der Waals surface area contributed by atoms with Crippen LogP contribution in [0.1, 0.15) is 16.7 Å². The third-order valence-corrected chi connectivity index (χ3v) is 3.23. The van der Waals surface area contributed by atoms with E-state index < -0.39 is 5.82 Å². The van der Waals surface area contributed by atoms with Gasteiger partial charge >= 0.3 is 0 Å². The van der Waals surface area contributed by atoms with Gasteiger partial charge in [-0.1, -0.05) is 18.2 Å². The zero-order chi connectivity index (χ0) is 13.1. The molecule has 0 aliphatic heterocycles. The molecule has 1 nitrogen and oxygen atoms in total. The number of rotatable bonds is 3. The summed E-state index contributed by atoms with van der Waals surface area (Å²) in [5.74, 6) is 0.792. The van der Waals surface area contributed by atoms with Crippen LogP contribution in [0.3, 0.4) is 0 Å². The maximum atomic E-state index is 13.8. The summed E-state index contributed by atoms with van der Waals surface area (Å²) in [5.41, 5.74) is 2.87. The van der Waals surface area contributed by atoms with E-state index in [1.165, 1.54) is 6.07 Å². The Hall–Kier alpha value is -1.54.